The fourth-order valence-electron chi connectivity index (χ4n) is 2.39. The van der Waals surface area contributed by atoms with Crippen molar-refractivity contribution in [3.63, 3.8) is 0 Å². The van der Waals surface area contributed by atoms with Gasteiger partial charge in [-0.15, -0.1) is 0 Å². The summed E-state index contributed by atoms with van der Waals surface area (Å²) in [4.78, 5) is 16.6. The molecule has 1 fully saturated rings. The molecule has 0 unspecified atom stereocenters. The molecule has 0 aromatic carbocycles. The summed E-state index contributed by atoms with van der Waals surface area (Å²) in [5.74, 6) is 0.0604. The highest BCUT2D eigenvalue weighted by molar-refractivity contribution is 5.92. The van der Waals surface area contributed by atoms with Crippen molar-refractivity contribution >= 4 is 5.91 Å². The number of aryl methyl sites for hydroxylation is 1. The molecular weight excluding hydrogens is 242 g/mol. The van der Waals surface area contributed by atoms with Gasteiger partial charge in [0.25, 0.3) is 5.91 Å². The van der Waals surface area contributed by atoms with Gasteiger partial charge in [-0.1, -0.05) is 0 Å². The molecule has 0 atom stereocenters. The lowest BCUT2D eigenvalue weighted by Gasteiger charge is -2.43. The molecule has 1 saturated heterocycles. The molecule has 0 radical (unpaired) electrons. The summed E-state index contributed by atoms with van der Waals surface area (Å²) in [6.45, 7) is 8.14. The third-order valence-corrected chi connectivity index (χ3v) is 3.96. The Bertz CT molecular complexity index is 446. The number of nitrogens with two attached hydrogens (primary N) is 1. The number of carbonyl (C=O) groups excluding carboxylic acids is 1. The van der Waals surface area contributed by atoms with E-state index in [4.69, 9.17) is 5.73 Å². The first-order valence-corrected chi connectivity index (χ1v) is 6.68. The maximum atomic E-state index is 12.3. The minimum absolute atomic E-state index is 0.00165. The molecule has 0 aliphatic carbocycles. The zero-order valence-electron chi connectivity index (χ0n) is 12.0. The third-order valence-electron chi connectivity index (χ3n) is 3.96. The Balaban J connectivity index is 1.97. The highest BCUT2D eigenvalue weighted by Gasteiger charge is 2.30. The summed E-state index contributed by atoms with van der Waals surface area (Å²) in [6, 6.07) is 1.76. The molecular formula is C13H23N5O. The van der Waals surface area contributed by atoms with E-state index in [0.29, 0.717) is 12.2 Å². The molecule has 0 bridgehead atoms. The lowest BCUT2D eigenvalue weighted by molar-refractivity contribution is 0.0418. The van der Waals surface area contributed by atoms with E-state index >= 15 is 0 Å². The van der Waals surface area contributed by atoms with Crippen LogP contribution in [0.1, 0.15) is 24.3 Å². The highest BCUT2D eigenvalue weighted by Crippen LogP contribution is 2.16. The zero-order valence-corrected chi connectivity index (χ0v) is 12.0. The van der Waals surface area contributed by atoms with E-state index in [2.05, 4.69) is 23.8 Å². The van der Waals surface area contributed by atoms with Crippen molar-refractivity contribution in [3.05, 3.63) is 18.0 Å². The maximum Gasteiger partial charge on any atom is 0.272 e. The molecule has 2 rings (SSSR count). The molecule has 1 aromatic heterocycles. The van der Waals surface area contributed by atoms with Gasteiger partial charge in [-0.05, 0) is 19.9 Å². The second-order valence-corrected chi connectivity index (χ2v) is 5.64. The molecule has 19 heavy (non-hydrogen) atoms. The molecule has 6 nitrogen and oxygen atoms in total. The molecule has 1 aromatic rings. The molecule has 1 aliphatic rings. The Morgan fingerprint density at radius 3 is 2.47 bits per heavy atom. The predicted octanol–water partition coefficient (Wildman–Crippen LogP) is -0.0848. The van der Waals surface area contributed by atoms with Crippen molar-refractivity contribution in [2.75, 3.05) is 32.7 Å². The second-order valence-electron chi connectivity index (χ2n) is 5.64. The number of hydrogen-bond donors (Lipinski definition) is 1. The van der Waals surface area contributed by atoms with Gasteiger partial charge in [0, 0.05) is 51.5 Å². The number of carbonyl (C=O) groups is 1. The first-order valence-electron chi connectivity index (χ1n) is 6.68. The SMILES string of the molecule is Cn1nccc1C(=O)N1CCN(C(C)(C)CN)CC1. The summed E-state index contributed by atoms with van der Waals surface area (Å²) >= 11 is 0. The van der Waals surface area contributed by atoms with E-state index < -0.39 is 0 Å². The fourth-order valence-corrected chi connectivity index (χ4v) is 2.39. The first-order chi connectivity index (χ1) is 8.95. The molecule has 2 heterocycles. The number of piperazine rings is 1. The van der Waals surface area contributed by atoms with Crippen molar-refractivity contribution in [3.8, 4) is 0 Å². The van der Waals surface area contributed by atoms with E-state index in [9.17, 15) is 4.79 Å². The van der Waals surface area contributed by atoms with Gasteiger partial charge in [-0.3, -0.25) is 14.4 Å². The van der Waals surface area contributed by atoms with Crippen LogP contribution in [0.3, 0.4) is 0 Å². The standard InChI is InChI=1S/C13H23N5O/c1-13(2,10-14)18-8-6-17(7-9-18)12(19)11-4-5-15-16(11)3/h4-5H,6-10,14H2,1-3H3. The van der Waals surface area contributed by atoms with Crippen LogP contribution in [0.15, 0.2) is 12.3 Å². The Hall–Kier alpha value is -1.40. The summed E-state index contributed by atoms with van der Waals surface area (Å²) in [6.07, 6.45) is 1.65. The average Bonchev–Trinajstić information content (AvgIpc) is 2.84. The van der Waals surface area contributed by atoms with Crippen LogP contribution >= 0.6 is 0 Å². The van der Waals surface area contributed by atoms with E-state index in [1.807, 2.05) is 4.90 Å². The van der Waals surface area contributed by atoms with Crippen molar-refractivity contribution in [1.29, 1.82) is 0 Å². The monoisotopic (exact) mass is 265 g/mol. The van der Waals surface area contributed by atoms with Crippen LogP contribution in [0.4, 0.5) is 0 Å². The Morgan fingerprint density at radius 1 is 1.37 bits per heavy atom. The Morgan fingerprint density at radius 2 is 2.00 bits per heavy atom. The molecule has 1 amide bonds. The van der Waals surface area contributed by atoms with Crippen molar-refractivity contribution in [1.82, 2.24) is 19.6 Å². The van der Waals surface area contributed by atoms with Crippen LogP contribution in [0, 0.1) is 0 Å². The van der Waals surface area contributed by atoms with Gasteiger partial charge >= 0.3 is 0 Å². The third kappa shape index (κ3) is 2.79. The summed E-state index contributed by atoms with van der Waals surface area (Å²) in [7, 11) is 1.79. The zero-order chi connectivity index (χ0) is 14.0. The first kappa shape index (κ1) is 14.0. The number of rotatable bonds is 3. The molecule has 2 N–H and O–H groups in total. The highest BCUT2D eigenvalue weighted by atomic mass is 16.2. The molecule has 0 spiro atoms. The second kappa shape index (κ2) is 5.30. The summed E-state index contributed by atoms with van der Waals surface area (Å²) < 4.78 is 1.62. The van der Waals surface area contributed by atoms with Crippen molar-refractivity contribution in [2.45, 2.75) is 19.4 Å². The minimum atomic E-state index is 0.00165. The Labute approximate surface area is 114 Å². The van der Waals surface area contributed by atoms with Gasteiger partial charge in [0.2, 0.25) is 0 Å². The van der Waals surface area contributed by atoms with E-state index in [1.54, 1.807) is 24.0 Å². The van der Waals surface area contributed by atoms with Crippen LogP contribution in [0.25, 0.3) is 0 Å². The van der Waals surface area contributed by atoms with Gasteiger partial charge in [0.15, 0.2) is 0 Å². The molecule has 0 saturated carbocycles. The smallest absolute Gasteiger partial charge is 0.272 e. The van der Waals surface area contributed by atoms with Gasteiger partial charge in [0.05, 0.1) is 0 Å². The van der Waals surface area contributed by atoms with Crippen LogP contribution in [0.5, 0.6) is 0 Å². The average molecular weight is 265 g/mol. The lowest BCUT2D eigenvalue weighted by atomic mass is 10.0. The minimum Gasteiger partial charge on any atom is -0.335 e. The molecule has 106 valence electrons. The number of hydrogen-bond acceptors (Lipinski definition) is 4. The quantitative estimate of drug-likeness (QED) is 0.830. The Kier molecular flexibility index (Phi) is 3.91. The molecule has 6 heteroatoms. The number of nitrogens with zero attached hydrogens (tertiary/aromatic N) is 4. The van der Waals surface area contributed by atoms with Gasteiger partial charge in [0.1, 0.15) is 5.69 Å². The fraction of sp³-hybridized carbons (Fsp3) is 0.692. The topological polar surface area (TPSA) is 67.4 Å². The van der Waals surface area contributed by atoms with E-state index in [-0.39, 0.29) is 11.4 Å². The lowest BCUT2D eigenvalue weighted by Crippen LogP contribution is -2.58. The summed E-state index contributed by atoms with van der Waals surface area (Å²) in [5, 5.41) is 4.04. The van der Waals surface area contributed by atoms with Crippen LogP contribution in [-0.4, -0.2) is 63.8 Å². The summed E-state index contributed by atoms with van der Waals surface area (Å²) in [5.41, 5.74) is 6.44. The number of aromatic nitrogens is 2. The van der Waals surface area contributed by atoms with Crippen molar-refractivity contribution in [2.24, 2.45) is 12.8 Å². The van der Waals surface area contributed by atoms with E-state index in [0.717, 1.165) is 26.2 Å². The van der Waals surface area contributed by atoms with E-state index in [1.165, 1.54) is 0 Å². The van der Waals surface area contributed by atoms with Crippen LogP contribution in [-0.2, 0) is 7.05 Å². The number of amides is 1. The van der Waals surface area contributed by atoms with Crippen LogP contribution < -0.4 is 5.73 Å². The predicted molar refractivity (Wildman–Crippen MR) is 73.8 cm³/mol. The normalized spacial score (nSPS) is 17.8. The molecule has 1 aliphatic heterocycles. The largest absolute Gasteiger partial charge is 0.335 e. The van der Waals surface area contributed by atoms with Gasteiger partial charge in [-0.2, -0.15) is 5.10 Å². The van der Waals surface area contributed by atoms with Crippen LogP contribution in [0.2, 0.25) is 0 Å². The van der Waals surface area contributed by atoms with Gasteiger partial charge in [-0.25, -0.2) is 0 Å². The van der Waals surface area contributed by atoms with Gasteiger partial charge < -0.3 is 10.6 Å². The maximum absolute atomic E-state index is 12.3. The van der Waals surface area contributed by atoms with Crippen molar-refractivity contribution < 1.29 is 4.79 Å².